The lowest BCUT2D eigenvalue weighted by atomic mass is 9.94. The molecule has 0 radical (unpaired) electrons. The Labute approximate surface area is 205 Å². The average Bonchev–Trinajstić information content (AvgIpc) is 3.21. The summed E-state index contributed by atoms with van der Waals surface area (Å²) in [5.74, 6) is 1.62. The Morgan fingerprint density at radius 2 is 1.82 bits per heavy atom. The van der Waals surface area contributed by atoms with E-state index in [1.807, 2.05) is 23.1 Å². The molecule has 2 heterocycles. The van der Waals surface area contributed by atoms with Gasteiger partial charge in [-0.05, 0) is 86.8 Å². The van der Waals surface area contributed by atoms with Gasteiger partial charge in [-0.2, -0.15) is 0 Å². The highest BCUT2D eigenvalue weighted by Gasteiger charge is 2.29. The van der Waals surface area contributed by atoms with Crippen molar-refractivity contribution in [3.63, 3.8) is 0 Å². The highest BCUT2D eigenvalue weighted by molar-refractivity contribution is 7.80. The molecule has 1 aromatic heterocycles. The third kappa shape index (κ3) is 5.61. The van der Waals surface area contributed by atoms with E-state index in [2.05, 4.69) is 10.6 Å². The van der Waals surface area contributed by atoms with Gasteiger partial charge in [-0.25, -0.2) is 0 Å². The number of rotatable bonds is 7. The summed E-state index contributed by atoms with van der Waals surface area (Å²) in [5.41, 5.74) is 3.24. The second-order valence-electron chi connectivity index (χ2n) is 8.59. The lowest BCUT2D eigenvalue weighted by Gasteiger charge is -2.27. The number of nitrogens with one attached hydrogen (secondary N) is 2. The second kappa shape index (κ2) is 11.2. The van der Waals surface area contributed by atoms with Gasteiger partial charge in [0, 0.05) is 24.5 Å². The number of thiophene rings is 1. The van der Waals surface area contributed by atoms with Gasteiger partial charge in [-0.15, -0.1) is 11.3 Å². The number of carbonyl (C=O) groups is 1. The number of anilines is 1. The number of ether oxygens (including phenoxy) is 2. The van der Waals surface area contributed by atoms with Crippen LogP contribution in [0.15, 0.2) is 18.2 Å². The van der Waals surface area contributed by atoms with Crippen molar-refractivity contribution in [3.05, 3.63) is 39.8 Å². The summed E-state index contributed by atoms with van der Waals surface area (Å²) in [5, 5.41) is 8.12. The molecule has 1 saturated heterocycles. The summed E-state index contributed by atoms with van der Waals surface area (Å²) in [6, 6.07) is 5.93. The van der Waals surface area contributed by atoms with E-state index in [1.165, 1.54) is 23.3 Å². The smallest absolute Gasteiger partial charge is 0.257 e. The zero-order valence-electron chi connectivity index (χ0n) is 19.5. The van der Waals surface area contributed by atoms with Gasteiger partial charge in [-0.3, -0.25) is 4.79 Å². The number of benzene rings is 1. The number of hydrogen-bond acceptors (Lipinski definition) is 5. The predicted molar refractivity (Wildman–Crippen MR) is 138 cm³/mol. The second-order valence-corrected chi connectivity index (χ2v) is 10.1. The molecule has 8 heteroatoms. The van der Waals surface area contributed by atoms with Gasteiger partial charge in [0.05, 0.1) is 19.8 Å². The van der Waals surface area contributed by atoms with E-state index >= 15 is 0 Å². The fraction of sp³-hybridized carbons (Fsp3) is 0.520. The molecule has 1 amide bonds. The maximum Gasteiger partial charge on any atom is 0.257 e. The van der Waals surface area contributed by atoms with Crippen LogP contribution in [0.4, 0.5) is 5.00 Å². The van der Waals surface area contributed by atoms with Crippen LogP contribution >= 0.6 is 23.6 Å². The van der Waals surface area contributed by atoms with Gasteiger partial charge in [0.1, 0.15) is 5.00 Å². The molecule has 0 saturated carbocycles. The zero-order valence-corrected chi connectivity index (χ0v) is 21.1. The van der Waals surface area contributed by atoms with Crippen molar-refractivity contribution in [2.75, 3.05) is 39.2 Å². The molecule has 178 valence electrons. The third-order valence-electron chi connectivity index (χ3n) is 6.40. The van der Waals surface area contributed by atoms with E-state index in [9.17, 15) is 4.79 Å². The number of methoxy groups -OCH3 is 2. The van der Waals surface area contributed by atoms with Crippen molar-refractivity contribution in [1.82, 2.24) is 10.2 Å². The van der Waals surface area contributed by atoms with Crippen LogP contribution in [-0.4, -0.2) is 49.8 Å². The van der Waals surface area contributed by atoms with Gasteiger partial charge in [-0.1, -0.05) is 6.07 Å². The molecule has 2 aromatic rings. The standard InChI is InChI=1S/C25H33N3O3S2/c1-30-19-11-10-17(16-20(19)31-2)12-13-26-25(32)27-23-22(18-8-4-5-9-21(18)33-23)24(29)28-14-6-3-7-15-28/h10-11,16H,3-9,12-15H2,1-2H3,(H2,26,27,32). The van der Waals surface area contributed by atoms with Crippen molar-refractivity contribution >= 4 is 39.6 Å². The molecule has 6 nitrogen and oxygen atoms in total. The van der Waals surface area contributed by atoms with E-state index in [0.717, 1.165) is 79.2 Å². The summed E-state index contributed by atoms with van der Waals surface area (Å²) in [6.07, 6.45) is 8.58. The number of thiocarbonyl (C=S) groups is 1. The highest BCUT2D eigenvalue weighted by Crippen LogP contribution is 2.39. The molecule has 0 bridgehead atoms. The first-order chi connectivity index (χ1) is 16.1. The molecule has 1 fully saturated rings. The van der Waals surface area contributed by atoms with E-state index in [0.29, 0.717) is 11.7 Å². The molecular formula is C25H33N3O3S2. The van der Waals surface area contributed by atoms with Crippen LogP contribution in [-0.2, 0) is 19.3 Å². The van der Waals surface area contributed by atoms with Gasteiger partial charge >= 0.3 is 0 Å². The van der Waals surface area contributed by atoms with E-state index < -0.39 is 0 Å². The minimum absolute atomic E-state index is 0.171. The lowest BCUT2D eigenvalue weighted by Crippen LogP contribution is -2.37. The van der Waals surface area contributed by atoms with Crippen molar-refractivity contribution in [3.8, 4) is 11.5 Å². The number of nitrogens with zero attached hydrogens (tertiary/aromatic N) is 1. The number of aryl methyl sites for hydroxylation is 1. The molecule has 1 aliphatic heterocycles. The number of hydrogen-bond donors (Lipinski definition) is 2. The largest absolute Gasteiger partial charge is 0.493 e. The van der Waals surface area contributed by atoms with Gasteiger partial charge in [0.25, 0.3) is 5.91 Å². The Balaban J connectivity index is 1.41. The van der Waals surface area contributed by atoms with Crippen molar-refractivity contribution in [2.24, 2.45) is 0 Å². The molecule has 2 aliphatic rings. The predicted octanol–water partition coefficient (Wildman–Crippen LogP) is 4.80. The minimum atomic E-state index is 0.171. The summed E-state index contributed by atoms with van der Waals surface area (Å²) >= 11 is 7.30. The van der Waals surface area contributed by atoms with Crippen LogP contribution < -0.4 is 20.1 Å². The SMILES string of the molecule is COc1ccc(CCNC(=S)Nc2sc3c(c2C(=O)N2CCCCC2)CCCC3)cc1OC. The maximum atomic E-state index is 13.5. The first kappa shape index (κ1) is 23.8. The van der Waals surface area contributed by atoms with Gasteiger partial charge in [0.15, 0.2) is 16.6 Å². The van der Waals surface area contributed by atoms with E-state index in [1.54, 1.807) is 25.6 Å². The first-order valence-electron chi connectivity index (χ1n) is 11.8. The monoisotopic (exact) mass is 487 g/mol. The summed E-state index contributed by atoms with van der Waals surface area (Å²) in [4.78, 5) is 16.8. The van der Waals surface area contributed by atoms with Gasteiger partial charge in [0.2, 0.25) is 0 Å². The van der Waals surface area contributed by atoms with Crippen LogP contribution in [0, 0.1) is 0 Å². The van der Waals surface area contributed by atoms with Crippen molar-refractivity contribution < 1.29 is 14.3 Å². The van der Waals surface area contributed by atoms with E-state index in [4.69, 9.17) is 21.7 Å². The summed E-state index contributed by atoms with van der Waals surface area (Å²) in [7, 11) is 3.28. The Bertz CT molecular complexity index is 999. The fourth-order valence-electron chi connectivity index (χ4n) is 4.64. The maximum absolute atomic E-state index is 13.5. The molecule has 4 rings (SSSR count). The van der Waals surface area contributed by atoms with Crippen molar-refractivity contribution in [1.29, 1.82) is 0 Å². The average molecular weight is 488 g/mol. The quantitative estimate of drug-likeness (QED) is 0.547. The molecule has 1 aromatic carbocycles. The topological polar surface area (TPSA) is 62.8 Å². The van der Waals surface area contributed by atoms with Crippen LogP contribution in [0.1, 0.15) is 58.5 Å². The Morgan fingerprint density at radius 1 is 1.06 bits per heavy atom. The van der Waals surface area contributed by atoms with Gasteiger partial charge < -0.3 is 25.0 Å². The Morgan fingerprint density at radius 3 is 2.58 bits per heavy atom. The van der Waals surface area contributed by atoms with Crippen LogP contribution in [0.2, 0.25) is 0 Å². The number of fused-ring (bicyclic) bond motifs is 1. The summed E-state index contributed by atoms with van der Waals surface area (Å²) in [6.45, 7) is 2.40. The number of likely N-dealkylation sites (tertiary alicyclic amines) is 1. The number of piperidine rings is 1. The normalized spacial score (nSPS) is 15.5. The highest BCUT2D eigenvalue weighted by atomic mass is 32.1. The van der Waals surface area contributed by atoms with E-state index in [-0.39, 0.29) is 5.91 Å². The van der Waals surface area contributed by atoms with Crippen molar-refractivity contribution in [2.45, 2.75) is 51.4 Å². The third-order valence-corrected chi connectivity index (χ3v) is 7.86. The zero-order chi connectivity index (χ0) is 23.2. The first-order valence-corrected chi connectivity index (χ1v) is 13.0. The minimum Gasteiger partial charge on any atom is -0.493 e. The molecule has 33 heavy (non-hydrogen) atoms. The Hall–Kier alpha value is -2.32. The Kier molecular flexibility index (Phi) is 8.09. The molecule has 0 unspecified atom stereocenters. The van der Waals surface area contributed by atoms with Crippen LogP contribution in [0.25, 0.3) is 0 Å². The van der Waals surface area contributed by atoms with Crippen LogP contribution in [0.3, 0.4) is 0 Å². The molecule has 2 N–H and O–H groups in total. The molecule has 0 atom stereocenters. The molecular weight excluding hydrogens is 454 g/mol. The molecule has 0 spiro atoms. The molecule has 1 aliphatic carbocycles. The lowest BCUT2D eigenvalue weighted by molar-refractivity contribution is 0.0724. The number of carbonyl (C=O) groups excluding carboxylic acids is 1. The summed E-state index contributed by atoms with van der Waals surface area (Å²) < 4.78 is 10.7. The van der Waals surface area contributed by atoms with Crippen LogP contribution in [0.5, 0.6) is 11.5 Å². The fourth-order valence-corrected chi connectivity index (χ4v) is 6.19. The number of amides is 1.